The first-order valence-electron chi connectivity index (χ1n) is 7.73. The summed E-state index contributed by atoms with van der Waals surface area (Å²) in [6.07, 6.45) is 2.28. The second kappa shape index (κ2) is 8.73. The van der Waals surface area contributed by atoms with Gasteiger partial charge in [0.15, 0.2) is 0 Å². The lowest BCUT2D eigenvalue weighted by atomic mass is 10.1. The summed E-state index contributed by atoms with van der Waals surface area (Å²) in [5.74, 6) is 0.857. The van der Waals surface area contributed by atoms with E-state index in [1.807, 2.05) is 43.3 Å². The van der Waals surface area contributed by atoms with Crippen LogP contribution in [0.2, 0.25) is 0 Å². The van der Waals surface area contributed by atoms with Crippen LogP contribution in [0.5, 0.6) is 5.75 Å². The third-order valence-corrected chi connectivity index (χ3v) is 4.24. The highest BCUT2D eigenvalue weighted by Crippen LogP contribution is 2.13. The molecule has 0 aromatic heterocycles. The molecule has 0 spiro atoms. The molecule has 2 rings (SSSR count). The Hall–Kier alpha value is -1.81. The average molecular weight is 376 g/mol. The summed E-state index contributed by atoms with van der Waals surface area (Å²) in [4.78, 5) is 12.1. The molecule has 23 heavy (non-hydrogen) atoms. The lowest BCUT2D eigenvalue weighted by Crippen LogP contribution is -2.34. The highest BCUT2D eigenvalue weighted by molar-refractivity contribution is 9.10. The van der Waals surface area contributed by atoms with E-state index in [0.29, 0.717) is 6.42 Å². The van der Waals surface area contributed by atoms with Crippen LogP contribution < -0.4 is 10.1 Å². The number of halogens is 1. The van der Waals surface area contributed by atoms with Crippen LogP contribution in [0.4, 0.5) is 0 Å². The fourth-order valence-electron chi connectivity index (χ4n) is 2.36. The van der Waals surface area contributed by atoms with Crippen molar-refractivity contribution in [2.75, 3.05) is 7.11 Å². The minimum Gasteiger partial charge on any atom is -0.497 e. The number of hydrogen-bond donors (Lipinski definition) is 1. The molecular formula is C19H22BrNO2. The molecule has 2 aromatic carbocycles. The average Bonchev–Trinajstić information content (AvgIpc) is 2.55. The molecule has 1 unspecified atom stereocenters. The van der Waals surface area contributed by atoms with Crippen molar-refractivity contribution in [3.63, 3.8) is 0 Å². The molecule has 3 nitrogen and oxygen atoms in total. The lowest BCUT2D eigenvalue weighted by Gasteiger charge is -2.14. The van der Waals surface area contributed by atoms with E-state index in [1.54, 1.807) is 7.11 Å². The van der Waals surface area contributed by atoms with Crippen LogP contribution >= 0.6 is 15.9 Å². The van der Waals surface area contributed by atoms with Crippen LogP contribution in [0.1, 0.15) is 24.5 Å². The molecule has 1 N–H and O–H groups in total. The second-order valence-corrected chi connectivity index (χ2v) is 6.57. The van der Waals surface area contributed by atoms with Crippen LogP contribution in [-0.2, 0) is 17.6 Å². The van der Waals surface area contributed by atoms with E-state index < -0.39 is 0 Å². The standard InChI is InChI=1S/C19H22BrNO2/c1-14(3-4-15-5-9-17(20)10-6-15)21-19(22)13-16-7-11-18(23-2)12-8-16/h5-12,14H,3-4,13H2,1-2H3,(H,21,22). The zero-order valence-electron chi connectivity index (χ0n) is 13.5. The molecule has 1 amide bonds. The zero-order chi connectivity index (χ0) is 16.7. The molecule has 0 bridgehead atoms. The number of benzene rings is 2. The van der Waals surface area contributed by atoms with Crippen molar-refractivity contribution < 1.29 is 9.53 Å². The third-order valence-electron chi connectivity index (χ3n) is 3.71. The van der Waals surface area contributed by atoms with Gasteiger partial charge in [0.1, 0.15) is 5.75 Å². The van der Waals surface area contributed by atoms with Gasteiger partial charge in [-0.3, -0.25) is 4.79 Å². The molecule has 0 saturated carbocycles. The largest absolute Gasteiger partial charge is 0.497 e. The Balaban J connectivity index is 1.76. The van der Waals surface area contributed by atoms with Gasteiger partial charge < -0.3 is 10.1 Å². The van der Waals surface area contributed by atoms with Crippen molar-refractivity contribution in [3.8, 4) is 5.75 Å². The first kappa shape index (κ1) is 17.5. The Morgan fingerprint density at radius 2 is 1.70 bits per heavy atom. The van der Waals surface area contributed by atoms with Gasteiger partial charge in [-0.15, -0.1) is 0 Å². The van der Waals surface area contributed by atoms with E-state index >= 15 is 0 Å². The van der Waals surface area contributed by atoms with Gasteiger partial charge in [0, 0.05) is 10.5 Å². The zero-order valence-corrected chi connectivity index (χ0v) is 15.1. The van der Waals surface area contributed by atoms with Gasteiger partial charge in [0.25, 0.3) is 0 Å². The van der Waals surface area contributed by atoms with Crippen molar-refractivity contribution in [2.45, 2.75) is 32.2 Å². The molecule has 2 aromatic rings. The van der Waals surface area contributed by atoms with Crippen molar-refractivity contribution >= 4 is 21.8 Å². The maximum absolute atomic E-state index is 12.1. The number of methoxy groups -OCH3 is 1. The number of hydrogen-bond acceptors (Lipinski definition) is 2. The predicted molar refractivity (Wildman–Crippen MR) is 96.8 cm³/mol. The number of aryl methyl sites for hydroxylation is 1. The highest BCUT2D eigenvalue weighted by Gasteiger charge is 2.08. The summed E-state index contributed by atoms with van der Waals surface area (Å²) < 4.78 is 6.20. The van der Waals surface area contributed by atoms with E-state index in [9.17, 15) is 4.79 Å². The fourth-order valence-corrected chi connectivity index (χ4v) is 2.63. The molecule has 0 aliphatic carbocycles. The Morgan fingerprint density at radius 3 is 2.30 bits per heavy atom. The Kier molecular flexibility index (Phi) is 6.66. The molecule has 122 valence electrons. The Morgan fingerprint density at radius 1 is 1.09 bits per heavy atom. The summed E-state index contributed by atoms with van der Waals surface area (Å²) >= 11 is 3.43. The number of amides is 1. The maximum atomic E-state index is 12.1. The predicted octanol–water partition coefficient (Wildman–Crippen LogP) is 4.14. The van der Waals surface area contributed by atoms with Crippen LogP contribution in [-0.4, -0.2) is 19.1 Å². The van der Waals surface area contributed by atoms with Crippen LogP contribution in [0.25, 0.3) is 0 Å². The summed E-state index contributed by atoms with van der Waals surface area (Å²) in [6, 6.07) is 16.1. The number of carbonyl (C=O) groups is 1. The molecule has 0 heterocycles. The summed E-state index contributed by atoms with van der Waals surface area (Å²) in [6.45, 7) is 2.05. The quantitative estimate of drug-likeness (QED) is 0.789. The molecular weight excluding hydrogens is 354 g/mol. The first-order chi connectivity index (χ1) is 11.1. The second-order valence-electron chi connectivity index (χ2n) is 5.66. The minimum atomic E-state index is 0.0541. The van der Waals surface area contributed by atoms with Gasteiger partial charge >= 0.3 is 0 Å². The topological polar surface area (TPSA) is 38.3 Å². The highest BCUT2D eigenvalue weighted by atomic mass is 79.9. The SMILES string of the molecule is COc1ccc(CC(=O)NC(C)CCc2ccc(Br)cc2)cc1. The van der Waals surface area contributed by atoms with Gasteiger partial charge in [0.05, 0.1) is 13.5 Å². The molecule has 0 radical (unpaired) electrons. The fraction of sp³-hybridized carbons (Fsp3) is 0.316. The third kappa shape index (κ3) is 6.06. The van der Waals surface area contributed by atoms with Gasteiger partial charge in [-0.05, 0) is 55.2 Å². The van der Waals surface area contributed by atoms with E-state index in [-0.39, 0.29) is 11.9 Å². The number of ether oxygens (including phenoxy) is 1. The lowest BCUT2D eigenvalue weighted by molar-refractivity contribution is -0.121. The van der Waals surface area contributed by atoms with Crippen LogP contribution in [0, 0.1) is 0 Å². The monoisotopic (exact) mass is 375 g/mol. The van der Waals surface area contributed by atoms with E-state index in [2.05, 4.69) is 33.4 Å². The molecule has 0 fully saturated rings. The van der Waals surface area contributed by atoms with E-state index in [1.165, 1.54) is 5.56 Å². The number of nitrogens with one attached hydrogen (secondary N) is 1. The van der Waals surface area contributed by atoms with Crippen LogP contribution in [0.15, 0.2) is 53.0 Å². The Labute approximate surface area is 146 Å². The van der Waals surface area contributed by atoms with Crippen LogP contribution in [0.3, 0.4) is 0 Å². The molecule has 4 heteroatoms. The minimum absolute atomic E-state index is 0.0541. The van der Waals surface area contributed by atoms with E-state index in [0.717, 1.165) is 28.6 Å². The van der Waals surface area contributed by atoms with Crippen molar-refractivity contribution in [1.29, 1.82) is 0 Å². The van der Waals surface area contributed by atoms with E-state index in [4.69, 9.17) is 4.74 Å². The molecule has 0 aliphatic rings. The normalized spacial score (nSPS) is 11.8. The van der Waals surface area contributed by atoms with Crippen molar-refractivity contribution in [2.24, 2.45) is 0 Å². The maximum Gasteiger partial charge on any atom is 0.224 e. The molecule has 0 aliphatic heterocycles. The number of carbonyl (C=O) groups excluding carboxylic acids is 1. The summed E-state index contributed by atoms with van der Waals surface area (Å²) in [5.41, 5.74) is 2.27. The smallest absolute Gasteiger partial charge is 0.224 e. The van der Waals surface area contributed by atoms with Gasteiger partial charge in [-0.1, -0.05) is 40.2 Å². The number of rotatable bonds is 7. The van der Waals surface area contributed by atoms with Gasteiger partial charge in [0.2, 0.25) is 5.91 Å². The summed E-state index contributed by atoms with van der Waals surface area (Å²) in [5, 5.41) is 3.06. The van der Waals surface area contributed by atoms with Crippen molar-refractivity contribution in [1.82, 2.24) is 5.32 Å². The van der Waals surface area contributed by atoms with Gasteiger partial charge in [-0.25, -0.2) is 0 Å². The molecule has 1 atom stereocenters. The first-order valence-corrected chi connectivity index (χ1v) is 8.53. The summed E-state index contributed by atoms with van der Waals surface area (Å²) in [7, 11) is 1.63. The molecule has 0 saturated heterocycles. The van der Waals surface area contributed by atoms with Crippen molar-refractivity contribution in [3.05, 3.63) is 64.1 Å². The Bertz CT molecular complexity index is 623. The van der Waals surface area contributed by atoms with Gasteiger partial charge in [-0.2, -0.15) is 0 Å².